The van der Waals surface area contributed by atoms with Gasteiger partial charge in [0, 0.05) is 12.8 Å². The van der Waals surface area contributed by atoms with E-state index in [4.69, 9.17) is 13.9 Å². The molecule has 5 heteroatoms. The lowest BCUT2D eigenvalue weighted by Gasteiger charge is -2.08. The fourth-order valence-electron chi connectivity index (χ4n) is 6.49. The summed E-state index contributed by atoms with van der Waals surface area (Å²) in [6.07, 6.45) is 39.5. The molecule has 5 nitrogen and oxygen atoms in total. The minimum atomic E-state index is -0.289. The molecule has 0 atom stereocenters. The van der Waals surface area contributed by atoms with Gasteiger partial charge in [-0.3, -0.25) is 9.59 Å². The maximum absolute atomic E-state index is 12.6. The number of furan rings is 1. The molecule has 0 N–H and O–H groups in total. The molecule has 1 rings (SSSR count). The molecular weight excluding hydrogens is 584 g/mol. The van der Waals surface area contributed by atoms with E-state index in [9.17, 15) is 9.59 Å². The largest absolute Gasteiger partial charge is 0.459 e. The third-order valence-electron chi connectivity index (χ3n) is 9.55. The molecule has 274 valence electrons. The van der Waals surface area contributed by atoms with E-state index < -0.39 is 0 Å². The second-order valence-corrected chi connectivity index (χ2v) is 14.2. The zero-order valence-corrected chi connectivity index (χ0v) is 31.7. The molecule has 1 aromatic rings. The fraction of sp³-hybridized carbons (Fsp3) is 0.857. The summed E-state index contributed by atoms with van der Waals surface area (Å²) < 4.78 is 16.9. The average molecular weight is 661 g/mol. The predicted molar refractivity (Wildman–Crippen MR) is 199 cm³/mol. The van der Waals surface area contributed by atoms with Crippen LogP contribution in [0.4, 0.5) is 0 Å². The van der Waals surface area contributed by atoms with Crippen LogP contribution in [0.3, 0.4) is 0 Å². The number of aryl methyl sites for hydroxylation is 2. The number of carbonyl (C=O) groups excluding carboxylic acids is 2. The van der Waals surface area contributed by atoms with Crippen LogP contribution in [0.15, 0.2) is 4.42 Å². The van der Waals surface area contributed by atoms with Crippen molar-refractivity contribution in [2.45, 2.75) is 233 Å². The Morgan fingerprint density at radius 3 is 0.830 bits per heavy atom. The highest BCUT2D eigenvalue weighted by atomic mass is 16.6. The van der Waals surface area contributed by atoms with Gasteiger partial charge in [0.25, 0.3) is 0 Å². The predicted octanol–water partition coefficient (Wildman–Crippen LogP) is 14.2. The van der Waals surface area contributed by atoms with Gasteiger partial charge in [0.15, 0.2) is 0 Å². The van der Waals surface area contributed by atoms with E-state index >= 15 is 0 Å². The molecule has 1 aromatic heterocycles. The Bertz CT molecular complexity index is 804. The Morgan fingerprint density at radius 2 is 0.596 bits per heavy atom. The van der Waals surface area contributed by atoms with E-state index in [1.165, 1.54) is 154 Å². The number of unbranched alkanes of at least 4 members (excludes halogenated alkanes) is 28. The summed E-state index contributed by atoms with van der Waals surface area (Å²) in [6.45, 7) is 8.04. The quantitative estimate of drug-likeness (QED) is 0.0543. The number of hydrogen-bond donors (Lipinski definition) is 0. The smallest absolute Gasteiger partial charge is 0.311 e. The first-order chi connectivity index (χ1) is 23.0. The maximum Gasteiger partial charge on any atom is 0.311 e. The van der Waals surface area contributed by atoms with Crippen molar-refractivity contribution in [1.82, 2.24) is 0 Å². The second-order valence-electron chi connectivity index (χ2n) is 14.2. The first-order valence-electron chi connectivity index (χ1n) is 20.5. The van der Waals surface area contributed by atoms with Crippen molar-refractivity contribution in [2.75, 3.05) is 0 Å². The van der Waals surface area contributed by atoms with E-state index in [0.29, 0.717) is 24.4 Å². The first-order valence-corrected chi connectivity index (χ1v) is 20.5. The van der Waals surface area contributed by atoms with Crippen LogP contribution in [0.1, 0.15) is 231 Å². The van der Waals surface area contributed by atoms with Crippen LogP contribution in [-0.2, 0) is 9.59 Å². The molecule has 0 fully saturated rings. The zero-order valence-electron chi connectivity index (χ0n) is 31.7. The van der Waals surface area contributed by atoms with Gasteiger partial charge in [-0.05, 0) is 26.7 Å². The van der Waals surface area contributed by atoms with Gasteiger partial charge in [0.05, 0.1) is 0 Å². The Balaban J connectivity index is 2.07. The van der Waals surface area contributed by atoms with Crippen LogP contribution < -0.4 is 9.47 Å². The summed E-state index contributed by atoms with van der Waals surface area (Å²) in [5, 5.41) is 0. The molecule has 0 aliphatic rings. The summed E-state index contributed by atoms with van der Waals surface area (Å²) >= 11 is 0. The topological polar surface area (TPSA) is 65.7 Å². The minimum Gasteiger partial charge on any atom is -0.459 e. The minimum absolute atomic E-state index is 0.262. The van der Waals surface area contributed by atoms with Crippen molar-refractivity contribution in [3.05, 3.63) is 11.5 Å². The Kier molecular flexibility index (Phi) is 29.0. The Labute approximate surface area is 291 Å². The first kappa shape index (κ1) is 43.2. The summed E-state index contributed by atoms with van der Waals surface area (Å²) in [6, 6.07) is 0. The van der Waals surface area contributed by atoms with Gasteiger partial charge < -0.3 is 13.9 Å². The van der Waals surface area contributed by atoms with Gasteiger partial charge in [-0.2, -0.15) is 0 Å². The number of carbonyl (C=O) groups is 2. The summed E-state index contributed by atoms with van der Waals surface area (Å²) in [4.78, 5) is 25.1. The molecule has 0 radical (unpaired) electrons. The van der Waals surface area contributed by atoms with Gasteiger partial charge in [-0.1, -0.05) is 194 Å². The number of rotatable bonds is 34. The van der Waals surface area contributed by atoms with Crippen LogP contribution in [0, 0.1) is 13.8 Å². The Hall–Kier alpha value is -1.78. The highest BCUT2D eigenvalue weighted by molar-refractivity contribution is 5.77. The van der Waals surface area contributed by atoms with Crippen LogP contribution in [-0.4, -0.2) is 11.9 Å². The van der Waals surface area contributed by atoms with Crippen molar-refractivity contribution in [1.29, 1.82) is 0 Å². The van der Waals surface area contributed by atoms with Crippen LogP contribution in [0.5, 0.6) is 11.5 Å². The lowest BCUT2D eigenvalue weighted by Crippen LogP contribution is -2.12. The summed E-state index contributed by atoms with van der Waals surface area (Å²) in [5.41, 5.74) is 0. The van der Waals surface area contributed by atoms with Crippen molar-refractivity contribution in [3.8, 4) is 11.5 Å². The van der Waals surface area contributed by atoms with E-state index in [0.717, 1.165) is 38.5 Å². The molecule has 0 amide bonds. The molecule has 0 spiro atoms. The van der Waals surface area contributed by atoms with Gasteiger partial charge in [0.1, 0.15) is 11.5 Å². The normalized spacial score (nSPS) is 11.3. The van der Waals surface area contributed by atoms with Crippen LogP contribution >= 0.6 is 0 Å². The van der Waals surface area contributed by atoms with Gasteiger partial charge in [0.2, 0.25) is 11.5 Å². The van der Waals surface area contributed by atoms with Crippen molar-refractivity contribution < 1.29 is 23.5 Å². The van der Waals surface area contributed by atoms with Gasteiger partial charge in [-0.15, -0.1) is 0 Å². The number of hydrogen-bond acceptors (Lipinski definition) is 5. The molecule has 1 heterocycles. The van der Waals surface area contributed by atoms with Crippen molar-refractivity contribution >= 4 is 11.9 Å². The molecule has 0 aliphatic carbocycles. The van der Waals surface area contributed by atoms with Gasteiger partial charge in [-0.25, -0.2) is 0 Å². The van der Waals surface area contributed by atoms with Crippen molar-refractivity contribution in [2.24, 2.45) is 0 Å². The molecule has 0 saturated carbocycles. The monoisotopic (exact) mass is 661 g/mol. The number of esters is 2. The third kappa shape index (κ3) is 24.9. The highest BCUT2D eigenvalue weighted by Gasteiger charge is 2.23. The molecule has 0 aliphatic heterocycles. The van der Waals surface area contributed by atoms with Gasteiger partial charge >= 0.3 is 11.9 Å². The molecule has 47 heavy (non-hydrogen) atoms. The number of ether oxygens (including phenoxy) is 2. The van der Waals surface area contributed by atoms with Crippen LogP contribution in [0.25, 0.3) is 0 Å². The standard InChI is InChI=1S/C42H76O5/c1-5-7-9-11-13-15-17-19-21-23-25-27-29-31-33-35-39(43)46-41-37(3)45-38(4)42(41)47-40(44)36-34-32-30-28-26-24-22-20-18-16-14-12-10-8-6-2/h5-36H2,1-4H3. The molecule has 0 saturated heterocycles. The van der Waals surface area contributed by atoms with E-state index in [-0.39, 0.29) is 23.4 Å². The third-order valence-corrected chi connectivity index (χ3v) is 9.55. The lowest BCUT2D eigenvalue weighted by molar-refractivity contribution is -0.137. The molecule has 0 unspecified atom stereocenters. The van der Waals surface area contributed by atoms with E-state index in [2.05, 4.69) is 13.8 Å². The van der Waals surface area contributed by atoms with Crippen LogP contribution in [0.2, 0.25) is 0 Å². The molecule has 0 aromatic carbocycles. The fourth-order valence-corrected chi connectivity index (χ4v) is 6.49. The molecule has 0 bridgehead atoms. The van der Waals surface area contributed by atoms with E-state index in [1.54, 1.807) is 13.8 Å². The zero-order chi connectivity index (χ0) is 34.2. The van der Waals surface area contributed by atoms with Crippen molar-refractivity contribution in [3.63, 3.8) is 0 Å². The Morgan fingerprint density at radius 1 is 0.383 bits per heavy atom. The SMILES string of the molecule is CCCCCCCCCCCCCCCCCC(=O)Oc1c(C)oc(C)c1OC(=O)CCCCCCCCCCCCCCCCC. The van der Waals surface area contributed by atoms with E-state index in [1.807, 2.05) is 0 Å². The maximum atomic E-state index is 12.6. The summed E-state index contributed by atoms with van der Waals surface area (Å²) in [7, 11) is 0. The average Bonchev–Trinajstić information content (AvgIpc) is 3.31. The second kappa shape index (κ2) is 31.5. The lowest BCUT2D eigenvalue weighted by atomic mass is 10.0. The molecular formula is C42H76O5. The summed E-state index contributed by atoms with van der Waals surface area (Å²) in [5.74, 6) is 0.896. The highest BCUT2D eigenvalue weighted by Crippen LogP contribution is 2.38.